The van der Waals surface area contributed by atoms with Gasteiger partial charge in [0.05, 0.1) is 5.57 Å². The molecule has 0 spiro atoms. The van der Waals surface area contributed by atoms with Gasteiger partial charge in [0.25, 0.3) is 0 Å². The predicted octanol–water partition coefficient (Wildman–Crippen LogP) is 6.01. The summed E-state index contributed by atoms with van der Waals surface area (Å²) in [5.74, 6) is -1.11. The van der Waals surface area contributed by atoms with Crippen LogP contribution in [0.3, 0.4) is 0 Å². The van der Waals surface area contributed by atoms with Crippen LogP contribution in [0, 0.1) is 0 Å². The van der Waals surface area contributed by atoms with Gasteiger partial charge in [-0.3, -0.25) is 9.59 Å². The summed E-state index contributed by atoms with van der Waals surface area (Å²) in [6.45, 7) is 5.06. The lowest BCUT2D eigenvalue weighted by Gasteiger charge is -2.25. The average Bonchev–Trinajstić information content (AvgIpc) is 2.74. The van der Waals surface area contributed by atoms with Crippen molar-refractivity contribution in [1.82, 2.24) is 5.32 Å². The Morgan fingerprint density at radius 1 is 0.793 bits per heavy atom. The van der Waals surface area contributed by atoms with Crippen LogP contribution < -0.4 is 5.32 Å². The van der Waals surface area contributed by atoms with Gasteiger partial charge in [0.1, 0.15) is 5.76 Å². The second-order valence-electron chi connectivity index (χ2n) is 8.09. The highest BCUT2D eigenvalue weighted by Gasteiger charge is 2.36. The van der Waals surface area contributed by atoms with Crippen LogP contribution in [0.25, 0.3) is 5.76 Å². The lowest BCUT2D eigenvalue weighted by molar-refractivity contribution is -0.112. The minimum Gasteiger partial charge on any atom is -0.507 e. The third kappa shape index (κ3) is 6.53. The second kappa shape index (κ2) is 12.6. The van der Waals surface area contributed by atoms with Gasteiger partial charge in [-0.25, -0.2) is 0 Å². The molecule has 0 aromatic heterocycles. The van der Waals surface area contributed by atoms with E-state index in [1.165, 1.54) is 44.9 Å². The van der Waals surface area contributed by atoms with E-state index in [4.69, 9.17) is 0 Å². The van der Waals surface area contributed by atoms with E-state index >= 15 is 0 Å². The Morgan fingerprint density at radius 2 is 1.38 bits per heavy atom. The molecule has 1 aliphatic rings. The molecule has 4 heteroatoms. The summed E-state index contributed by atoms with van der Waals surface area (Å²) in [4.78, 5) is 25.3. The van der Waals surface area contributed by atoms with E-state index in [9.17, 15) is 14.7 Å². The third-order valence-electron chi connectivity index (χ3n) is 5.72. The van der Waals surface area contributed by atoms with Gasteiger partial charge in [-0.1, -0.05) is 95.9 Å². The van der Waals surface area contributed by atoms with Gasteiger partial charge in [0.15, 0.2) is 0 Å². The monoisotopic (exact) mass is 399 g/mol. The minimum atomic E-state index is -0.564. The Balaban J connectivity index is 1.97. The maximum absolute atomic E-state index is 12.8. The van der Waals surface area contributed by atoms with Crippen LogP contribution in [0.2, 0.25) is 0 Å². The number of unbranched alkanes of at least 4 members (excludes halogenated alkanes) is 8. The van der Waals surface area contributed by atoms with Gasteiger partial charge in [-0.2, -0.15) is 0 Å². The first-order valence-corrected chi connectivity index (χ1v) is 11.5. The number of hydrogen-bond acceptors (Lipinski definition) is 4. The third-order valence-corrected chi connectivity index (χ3v) is 5.72. The fourth-order valence-electron chi connectivity index (χ4n) is 4.03. The van der Waals surface area contributed by atoms with Crippen molar-refractivity contribution in [3.8, 4) is 0 Å². The summed E-state index contributed by atoms with van der Waals surface area (Å²) in [5, 5.41) is 14.2. The zero-order valence-electron chi connectivity index (χ0n) is 18.1. The maximum Gasteiger partial charge on any atom is 0.234 e. The number of hydrogen-bond donors (Lipinski definition) is 2. The Labute approximate surface area is 175 Å². The number of aliphatic hydroxyl groups excluding tert-OH is 1. The number of rotatable bonds is 14. The molecule has 4 nitrogen and oxygen atoms in total. The number of carbonyl (C=O) groups is 2. The smallest absolute Gasteiger partial charge is 0.234 e. The number of aliphatic hydroxyl groups is 1. The van der Waals surface area contributed by atoms with E-state index < -0.39 is 11.6 Å². The highest BCUT2D eigenvalue weighted by molar-refractivity contribution is 6.52. The molecule has 0 fully saturated rings. The summed E-state index contributed by atoms with van der Waals surface area (Å²) in [6, 6.07) is 6.55. The number of nitrogens with one attached hydrogen (secondary N) is 1. The lowest BCUT2D eigenvalue weighted by Crippen LogP contribution is -2.39. The van der Waals surface area contributed by atoms with Crippen molar-refractivity contribution >= 4 is 17.3 Å². The fraction of sp³-hybridized carbons (Fsp3) is 0.600. The Kier molecular flexibility index (Phi) is 10.1. The van der Waals surface area contributed by atoms with Gasteiger partial charge < -0.3 is 10.4 Å². The largest absolute Gasteiger partial charge is 0.507 e. The summed E-state index contributed by atoms with van der Waals surface area (Å²) in [5.41, 5.74) is 1.03. The molecule has 0 saturated heterocycles. The Bertz CT molecular complexity index is 708. The summed E-state index contributed by atoms with van der Waals surface area (Å²) in [6.07, 6.45) is 12.8. The van der Waals surface area contributed by atoms with Crippen molar-refractivity contribution in [2.75, 3.05) is 6.54 Å². The lowest BCUT2D eigenvalue weighted by atomic mass is 9.83. The van der Waals surface area contributed by atoms with Gasteiger partial charge in [0.2, 0.25) is 11.6 Å². The number of Topliss-reactive ketones (excluding diaryl/α,β-unsaturated/α-hetero) is 2. The van der Waals surface area contributed by atoms with E-state index in [1.807, 2.05) is 0 Å². The van der Waals surface area contributed by atoms with Crippen molar-refractivity contribution in [3.05, 3.63) is 41.0 Å². The molecule has 160 valence electrons. The van der Waals surface area contributed by atoms with Crippen LogP contribution in [-0.4, -0.2) is 29.3 Å². The zero-order valence-corrected chi connectivity index (χ0v) is 18.1. The van der Waals surface area contributed by atoms with Gasteiger partial charge in [0, 0.05) is 17.2 Å². The number of fused-ring (bicyclic) bond motifs is 1. The standard InChI is InChI=1S/C25H37NO3/c1-3-5-6-7-8-9-10-11-12-17-21(26-18-4-2)22-23(27)19-15-13-14-16-20(19)24(28)25(22)29/h13-16,21,26-27H,3-12,17-18H2,1-2H3. The molecule has 1 unspecified atom stereocenters. The molecule has 1 aromatic rings. The zero-order chi connectivity index (χ0) is 21.1. The second-order valence-corrected chi connectivity index (χ2v) is 8.09. The van der Waals surface area contributed by atoms with E-state index in [0.29, 0.717) is 11.1 Å². The fourth-order valence-corrected chi connectivity index (χ4v) is 4.03. The van der Waals surface area contributed by atoms with E-state index in [0.717, 1.165) is 32.2 Å². The molecule has 1 atom stereocenters. The summed E-state index contributed by atoms with van der Waals surface area (Å²) in [7, 11) is 0. The molecule has 2 rings (SSSR count). The van der Waals surface area contributed by atoms with Crippen molar-refractivity contribution < 1.29 is 14.7 Å². The van der Waals surface area contributed by atoms with Gasteiger partial charge in [-0.15, -0.1) is 0 Å². The van der Waals surface area contributed by atoms with Gasteiger partial charge >= 0.3 is 0 Å². The molecule has 0 aliphatic heterocycles. The Morgan fingerprint density at radius 3 is 2.00 bits per heavy atom. The van der Waals surface area contributed by atoms with Crippen molar-refractivity contribution in [1.29, 1.82) is 0 Å². The first kappa shape index (κ1) is 23.3. The summed E-state index contributed by atoms with van der Waals surface area (Å²) < 4.78 is 0. The number of carbonyl (C=O) groups excluding carboxylic acids is 2. The Hall–Kier alpha value is -1.94. The minimum absolute atomic E-state index is 0.0327. The maximum atomic E-state index is 12.8. The number of benzene rings is 1. The van der Waals surface area contributed by atoms with Crippen LogP contribution in [-0.2, 0) is 4.79 Å². The highest BCUT2D eigenvalue weighted by atomic mass is 16.3. The SMILES string of the molecule is CCCCCCCCCCCC(NCCC)C1=C(O)c2ccccc2C(=O)C1=O. The quantitative estimate of drug-likeness (QED) is 0.297. The topological polar surface area (TPSA) is 66.4 Å². The molecule has 2 N–H and O–H groups in total. The molecule has 29 heavy (non-hydrogen) atoms. The van der Waals surface area contributed by atoms with Crippen LogP contribution in [0.5, 0.6) is 0 Å². The molecule has 0 bridgehead atoms. The molecule has 0 saturated carbocycles. The van der Waals surface area contributed by atoms with Crippen molar-refractivity contribution in [2.45, 2.75) is 90.5 Å². The molecular formula is C25H37NO3. The van der Waals surface area contributed by atoms with Crippen LogP contribution in [0.4, 0.5) is 0 Å². The van der Waals surface area contributed by atoms with Crippen LogP contribution >= 0.6 is 0 Å². The number of ketones is 2. The van der Waals surface area contributed by atoms with Crippen molar-refractivity contribution in [3.63, 3.8) is 0 Å². The molecular weight excluding hydrogens is 362 g/mol. The van der Waals surface area contributed by atoms with E-state index in [2.05, 4.69) is 19.2 Å². The molecule has 0 amide bonds. The molecule has 0 radical (unpaired) electrons. The normalized spacial score (nSPS) is 15.0. The summed E-state index contributed by atoms with van der Waals surface area (Å²) >= 11 is 0. The van der Waals surface area contributed by atoms with Crippen molar-refractivity contribution in [2.24, 2.45) is 0 Å². The van der Waals surface area contributed by atoms with Crippen LogP contribution in [0.1, 0.15) is 100 Å². The molecule has 1 aliphatic carbocycles. The van der Waals surface area contributed by atoms with E-state index in [1.54, 1.807) is 24.3 Å². The molecule has 0 heterocycles. The first-order valence-electron chi connectivity index (χ1n) is 11.5. The molecule has 1 aromatic carbocycles. The van der Waals surface area contributed by atoms with E-state index in [-0.39, 0.29) is 17.4 Å². The van der Waals surface area contributed by atoms with Gasteiger partial charge in [-0.05, 0) is 19.4 Å². The average molecular weight is 400 g/mol. The predicted molar refractivity (Wildman–Crippen MR) is 119 cm³/mol. The highest BCUT2D eigenvalue weighted by Crippen LogP contribution is 2.30. The first-order chi connectivity index (χ1) is 14.1. The van der Waals surface area contributed by atoms with Crippen LogP contribution in [0.15, 0.2) is 29.8 Å².